The monoisotopic (exact) mass is 428 g/mol. The van der Waals surface area contributed by atoms with Gasteiger partial charge in [0.15, 0.2) is 5.78 Å². The zero-order valence-corrected chi connectivity index (χ0v) is 18.0. The van der Waals surface area contributed by atoms with Crippen molar-refractivity contribution in [3.63, 3.8) is 0 Å². The molecule has 4 rings (SSSR count). The number of carbonyl (C=O) groups is 2. The summed E-state index contributed by atoms with van der Waals surface area (Å²) in [6, 6.07) is 29.1. The van der Waals surface area contributed by atoms with Gasteiger partial charge in [0.05, 0.1) is 6.04 Å². The molecule has 0 aliphatic carbocycles. The number of hydrogen-bond acceptors (Lipinski definition) is 4. The van der Waals surface area contributed by atoms with E-state index in [1.807, 2.05) is 23.1 Å². The molecule has 1 unspecified atom stereocenters. The van der Waals surface area contributed by atoms with Gasteiger partial charge in [-0.15, -0.1) is 0 Å². The number of piperazine rings is 1. The highest BCUT2D eigenvalue weighted by atomic mass is 16.4. The number of rotatable bonds is 8. The molecule has 0 saturated carbocycles. The van der Waals surface area contributed by atoms with Gasteiger partial charge >= 0.3 is 5.97 Å². The van der Waals surface area contributed by atoms with Crippen LogP contribution < -0.4 is 0 Å². The quantitative estimate of drug-likeness (QED) is 0.547. The van der Waals surface area contributed by atoms with E-state index in [-0.39, 0.29) is 18.2 Å². The van der Waals surface area contributed by atoms with Crippen LogP contribution in [0.5, 0.6) is 0 Å². The molecule has 5 heteroatoms. The fourth-order valence-corrected chi connectivity index (χ4v) is 4.48. The van der Waals surface area contributed by atoms with Crippen LogP contribution in [-0.4, -0.2) is 58.9 Å². The summed E-state index contributed by atoms with van der Waals surface area (Å²) in [5.74, 6) is -1.07. The topological polar surface area (TPSA) is 60.9 Å². The lowest BCUT2D eigenvalue weighted by Gasteiger charge is -2.41. The fourth-order valence-electron chi connectivity index (χ4n) is 4.48. The van der Waals surface area contributed by atoms with Gasteiger partial charge in [-0.05, 0) is 11.1 Å². The maximum absolute atomic E-state index is 12.6. The van der Waals surface area contributed by atoms with Crippen LogP contribution in [0.1, 0.15) is 33.9 Å². The Morgan fingerprint density at radius 2 is 1.12 bits per heavy atom. The van der Waals surface area contributed by atoms with Crippen molar-refractivity contribution in [3.8, 4) is 0 Å². The van der Waals surface area contributed by atoms with Crippen molar-refractivity contribution in [2.45, 2.75) is 18.5 Å². The van der Waals surface area contributed by atoms with E-state index in [2.05, 4.69) is 53.4 Å². The van der Waals surface area contributed by atoms with Crippen LogP contribution in [0.2, 0.25) is 0 Å². The van der Waals surface area contributed by atoms with Crippen LogP contribution in [0.3, 0.4) is 0 Å². The largest absolute Gasteiger partial charge is 0.480 e. The number of carboxylic acid groups (broad SMARTS) is 1. The highest BCUT2D eigenvalue weighted by Gasteiger charge is 2.33. The first kappa shape index (κ1) is 21.9. The van der Waals surface area contributed by atoms with Gasteiger partial charge in [-0.1, -0.05) is 91.0 Å². The maximum Gasteiger partial charge on any atom is 0.321 e. The number of ketones is 1. The van der Waals surface area contributed by atoms with Crippen molar-refractivity contribution in [1.29, 1.82) is 0 Å². The summed E-state index contributed by atoms with van der Waals surface area (Å²) < 4.78 is 0. The molecule has 0 amide bonds. The van der Waals surface area contributed by atoms with Crippen molar-refractivity contribution in [2.24, 2.45) is 0 Å². The molecule has 0 aromatic heterocycles. The summed E-state index contributed by atoms with van der Waals surface area (Å²) >= 11 is 0. The predicted molar refractivity (Wildman–Crippen MR) is 125 cm³/mol. The number of nitrogens with zero attached hydrogens (tertiary/aromatic N) is 2. The molecule has 1 aliphatic rings. The smallest absolute Gasteiger partial charge is 0.321 e. The molecule has 32 heavy (non-hydrogen) atoms. The van der Waals surface area contributed by atoms with Gasteiger partial charge in [0, 0.05) is 38.2 Å². The lowest BCUT2D eigenvalue weighted by atomic mass is 9.96. The Morgan fingerprint density at radius 3 is 1.59 bits per heavy atom. The molecule has 1 aliphatic heterocycles. The van der Waals surface area contributed by atoms with E-state index in [0.29, 0.717) is 18.7 Å². The SMILES string of the molecule is O=C(CC(C(=O)O)N1CCN(C(c2ccccc2)c2ccccc2)CC1)c1ccccc1. The summed E-state index contributed by atoms with van der Waals surface area (Å²) in [5.41, 5.74) is 3.01. The molecule has 1 atom stereocenters. The summed E-state index contributed by atoms with van der Waals surface area (Å²) in [6.07, 6.45) is -0.0137. The molecule has 0 radical (unpaired) electrons. The molecule has 0 bridgehead atoms. The van der Waals surface area contributed by atoms with Gasteiger partial charge in [-0.3, -0.25) is 19.4 Å². The van der Waals surface area contributed by atoms with Crippen LogP contribution in [0.15, 0.2) is 91.0 Å². The van der Waals surface area contributed by atoms with Crippen molar-refractivity contribution < 1.29 is 14.7 Å². The van der Waals surface area contributed by atoms with E-state index in [1.54, 1.807) is 24.3 Å². The van der Waals surface area contributed by atoms with Gasteiger partial charge < -0.3 is 5.11 Å². The maximum atomic E-state index is 12.6. The summed E-state index contributed by atoms with van der Waals surface area (Å²) in [5, 5.41) is 9.84. The van der Waals surface area contributed by atoms with E-state index < -0.39 is 12.0 Å². The zero-order chi connectivity index (χ0) is 22.3. The van der Waals surface area contributed by atoms with Crippen LogP contribution in [0.4, 0.5) is 0 Å². The van der Waals surface area contributed by atoms with Crippen molar-refractivity contribution in [1.82, 2.24) is 9.80 Å². The Bertz CT molecular complexity index is 977. The van der Waals surface area contributed by atoms with E-state index in [9.17, 15) is 14.7 Å². The van der Waals surface area contributed by atoms with E-state index in [0.717, 1.165) is 13.1 Å². The second kappa shape index (κ2) is 10.4. The average Bonchev–Trinajstić information content (AvgIpc) is 2.85. The fraction of sp³-hybridized carbons (Fsp3) is 0.259. The Labute approximate surface area is 188 Å². The van der Waals surface area contributed by atoms with Gasteiger partial charge in [0.2, 0.25) is 0 Å². The van der Waals surface area contributed by atoms with Gasteiger partial charge in [-0.25, -0.2) is 0 Å². The molecular weight excluding hydrogens is 400 g/mol. The minimum absolute atomic E-state index is 0.0137. The second-order valence-electron chi connectivity index (χ2n) is 8.14. The van der Waals surface area contributed by atoms with Gasteiger partial charge in [-0.2, -0.15) is 0 Å². The number of hydrogen-bond donors (Lipinski definition) is 1. The first-order valence-corrected chi connectivity index (χ1v) is 11.0. The molecule has 1 fully saturated rings. The Kier molecular flexibility index (Phi) is 7.10. The number of aliphatic carboxylic acids is 1. The predicted octanol–water partition coefficient (Wildman–Crippen LogP) is 4.12. The minimum atomic E-state index is -0.939. The number of benzene rings is 3. The highest BCUT2D eigenvalue weighted by molar-refractivity contribution is 5.98. The first-order chi connectivity index (χ1) is 15.6. The summed E-state index contributed by atoms with van der Waals surface area (Å²) in [6.45, 7) is 2.68. The lowest BCUT2D eigenvalue weighted by Crippen LogP contribution is -2.53. The molecule has 1 saturated heterocycles. The van der Waals surface area contributed by atoms with Gasteiger partial charge in [0.25, 0.3) is 0 Å². The number of carboxylic acids is 1. The third-order valence-electron chi connectivity index (χ3n) is 6.14. The molecule has 1 heterocycles. The number of carbonyl (C=O) groups excluding carboxylic acids is 1. The number of Topliss-reactive ketones (excluding diaryl/α,β-unsaturated/α-hetero) is 1. The van der Waals surface area contributed by atoms with Crippen molar-refractivity contribution in [2.75, 3.05) is 26.2 Å². The molecule has 3 aromatic rings. The lowest BCUT2D eigenvalue weighted by molar-refractivity contribution is -0.144. The van der Waals surface area contributed by atoms with Crippen molar-refractivity contribution >= 4 is 11.8 Å². The van der Waals surface area contributed by atoms with Crippen LogP contribution >= 0.6 is 0 Å². The van der Waals surface area contributed by atoms with Gasteiger partial charge in [0.1, 0.15) is 6.04 Å². The third kappa shape index (κ3) is 5.13. The first-order valence-electron chi connectivity index (χ1n) is 11.0. The highest BCUT2D eigenvalue weighted by Crippen LogP contribution is 2.30. The molecule has 164 valence electrons. The molecular formula is C27H28N2O3. The Morgan fingerprint density at radius 1 is 0.688 bits per heavy atom. The van der Waals surface area contributed by atoms with Crippen LogP contribution in [0, 0.1) is 0 Å². The molecule has 3 aromatic carbocycles. The Balaban J connectivity index is 1.47. The molecule has 1 N–H and O–H groups in total. The van der Waals surface area contributed by atoms with E-state index >= 15 is 0 Å². The molecule has 0 spiro atoms. The second-order valence-corrected chi connectivity index (χ2v) is 8.14. The summed E-state index contributed by atoms with van der Waals surface area (Å²) in [7, 11) is 0. The third-order valence-corrected chi connectivity index (χ3v) is 6.14. The minimum Gasteiger partial charge on any atom is -0.480 e. The van der Waals surface area contributed by atoms with E-state index in [1.165, 1.54) is 11.1 Å². The van der Waals surface area contributed by atoms with Crippen LogP contribution in [-0.2, 0) is 4.79 Å². The van der Waals surface area contributed by atoms with Crippen LogP contribution in [0.25, 0.3) is 0 Å². The van der Waals surface area contributed by atoms with E-state index in [4.69, 9.17) is 0 Å². The summed E-state index contributed by atoms with van der Waals surface area (Å²) in [4.78, 5) is 29.0. The molecule has 5 nitrogen and oxygen atoms in total. The van der Waals surface area contributed by atoms with Crippen molar-refractivity contribution in [3.05, 3.63) is 108 Å². The Hall–Kier alpha value is -3.28. The average molecular weight is 429 g/mol. The zero-order valence-electron chi connectivity index (χ0n) is 18.0. The standard InChI is InChI=1S/C27H28N2O3/c30-25(21-10-4-1-5-11-21)20-24(27(31)32)28-16-18-29(19-17-28)26(22-12-6-2-7-13-22)23-14-8-3-9-15-23/h1-15,24,26H,16-20H2,(H,31,32). The normalized spacial score (nSPS) is 16.0.